The van der Waals surface area contributed by atoms with E-state index < -0.39 is 0 Å². The molecule has 0 aliphatic carbocycles. The minimum absolute atomic E-state index is 0.00963. The maximum absolute atomic E-state index is 12.5. The summed E-state index contributed by atoms with van der Waals surface area (Å²) in [5.41, 5.74) is 2.06. The van der Waals surface area contributed by atoms with Crippen molar-refractivity contribution in [1.82, 2.24) is 15.2 Å². The number of hydrogen-bond donors (Lipinski definition) is 1. The van der Waals surface area contributed by atoms with E-state index >= 15 is 0 Å². The van der Waals surface area contributed by atoms with Crippen molar-refractivity contribution in [2.45, 2.75) is 25.7 Å². The van der Waals surface area contributed by atoms with Crippen LogP contribution in [0.4, 0.5) is 0 Å². The van der Waals surface area contributed by atoms with Crippen molar-refractivity contribution in [2.75, 3.05) is 19.6 Å². The zero-order chi connectivity index (χ0) is 21.5. The molecule has 0 atom stereocenters. The molecule has 2 heterocycles. The summed E-state index contributed by atoms with van der Waals surface area (Å²) in [7, 11) is 0. The SMILES string of the molecule is O=C(NCCCc1nc2ccccc2s1)C1CCN(C(=O)/C=C/c2ccccc2)CC1. The lowest BCUT2D eigenvalue weighted by Gasteiger charge is -2.30. The van der Waals surface area contributed by atoms with Gasteiger partial charge in [0, 0.05) is 38.0 Å². The van der Waals surface area contributed by atoms with Crippen molar-refractivity contribution in [3.05, 3.63) is 71.2 Å². The fourth-order valence-corrected chi connectivity index (χ4v) is 4.83. The summed E-state index contributed by atoms with van der Waals surface area (Å²) in [4.78, 5) is 31.4. The first-order valence-electron chi connectivity index (χ1n) is 10.8. The normalized spacial score (nSPS) is 14.9. The maximum Gasteiger partial charge on any atom is 0.246 e. The molecule has 1 aromatic heterocycles. The minimum Gasteiger partial charge on any atom is -0.356 e. The van der Waals surface area contributed by atoms with E-state index in [0.29, 0.717) is 32.5 Å². The zero-order valence-corrected chi connectivity index (χ0v) is 18.3. The summed E-state index contributed by atoms with van der Waals surface area (Å²) in [5.74, 6) is 0.111. The number of carbonyl (C=O) groups excluding carboxylic acids is 2. The van der Waals surface area contributed by atoms with Crippen molar-refractivity contribution >= 4 is 39.4 Å². The standard InChI is InChI=1S/C25H27N3O2S/c29-24(13-12-19-7-2-1-3-8-19)28-17-14-20(15-18-28)25(30)26-16-6-11-23-27-21-9-4-5-10-22(21)31-23/h1-5,7-10,12-13,20H,6,11,14-18H2,(H,26,30)/b13-12+. The van der Waals surface area contributed by atoms with Crippen molar-refractivity contribution in [2.24, 2.45) is 5.92 Å². The van der Waals surface area contributed by atoms with E-state index in [4.69, 9.17) is 0 Å². The Labute approximate surface area is 186 Å². The monoisotopic (exact) mass is 433 g/mol. The molecule has 0 saturated carbocycles. The number of amides is 2. The third kappa shape index (κ3) is 5.79. The number of nitrogens with one attached hydrogen (secondary N) is 1. The van der Waals surface area contributed by atoms with E-state index in [1.807, 2.05) is 59.5 Å². The number of rotatable bonds is 7. The van der Waals surface area contributed by atoms with E-state index in [0.717, 1.165) is 28.9 Å². The Bertz CT molecular complexity index is 1020. The van der Waals surface area contributed by atoms with Crippen LogP contribution in [0.5, 0.6) is 0 Å². The fourth-order valence-electron chi connectivity index (χ4n) is 3.82. The molecule has 2 amide bonds. The van der Waals surface area contributed by atoms with Crippen molar-refractivity contribution in [3.8, 4) is 0 Å². The molecule has 1 fully saturated rings. The van der Waals surface area contributed by atoms with Gasteiger partial charge in [-0.1, -0.05) is 42.5 Å². The second-order valence-electron chi connectivity index (χ2n) is 7.81. The highest BCUT2D eigenvalue weighted by Crippen LogP contribution is 2.22. The molecule has 1 aliphatic heterocycles. The Morgan fingerprint density at radius 2 is 1.81 bits per heavy atom. The first-order chi connectivity index (χ1) is 15.2. The van der Waals surface area contributed by atoms with Gasteiger partial charge in [0.2, 0.25) is 11.8 Å². The van der Waals surface area contributed by atoms with Crippen molar-refractivity contribution < 1.29 is 9.59 Å². The molecule has 0 radical (unpaired) electrons. The van der Waals surface area contributed by atoms with Crippen LogP contribution in [-0.4, -0.2) is 41.3 Å². The van der Waals surface area contributed by atoms with Crippen LogP contribution < -0.4 is 5.32 Å². The second kappa shape index (κ2) is 10.4. The van der Waals surface area contributed by atoms with Gasteiger partial charge in [0.15, 0.2) is 0 Å². The summed E-state index contributed by atoms with van der Waals surface area (Å²) >= 11 is 1.72. The van der Waals surface area contributed by atoms with E-state index in [9.17, 15) is 9.59 Å². The van der Waals surface area contributed by atoms with Gasteiger partial charge in [-0.3, -0.25) is 9.59 Å². The Balaban J connectivity index is 1.16. The fraction of sp³-hybridized carbons (Fsp3) is 0.320. The molecular weight excluding hydrogens is 406 g/mol. The van der Waals surface area contributed by atoms with Gasteiger partial charge < -0.3 is 10.2 Å². The number of fused-ring (bicyclic) bond motifs is 1. The predicted molar refractivity (Wildman–Crippen MR) is 126 cm³/mol. The number of thiazole rings is 1. The molecule has 4 rings (SSSR count). The first-order valence-corrected chi connectivity index (χ1v) is 11.6. The van der Waals surface area contributed by atoms with Crippen LogP contribution in [0, 0.1) is 5.92 Å². The first kappa shape index (κ1) is 21.2. The van der Waals surface area contributed by atoms with Crippen LogP contribution in [0.25, 0.3) is 16.3 Å². The minimum atomic E-state index is -0.00963. The van der Waals surface area contributed by atoms with Gasteiger partial charge in [-0.25, -0.2) is 4.98 Å². The highest BCUT2D eigenvalue weighted by atomic mass is 32.1. The van der Waals surface area contributed by atoms with E-state index in [-0.39, 0.29) is 17.7 Å². The number of para-hydroxylation sites is 1. The Morgan fingerprint density at radius 3 is 2.58 bits per heavy atom. The quantitative estimate of drug-likeness (QED) is 0.446. The van der Waals surface area contributed by atoms with Crippen molar-refractivity contribution in [3.63, 3.8) is 0 Å². The maximum atomic E-state index is 12.5. The van der Waals surface area contributed by atoms with E-state index in [1.165, 1.54) is 4.70 Å². The molecule has 6 heteroatoms. The molecule has 31 heavy (non-hydrogen) atoms. The molecular formula is C25H27N3O2S. The predicted octanol–water partition coefficient (Wildman–Crippen LogP) is 4.30. The zero-order valence-electron chi connectivity index (χ0n) is 17.5. The average Bonchev–Trinajstić information content (AvgIpc) is 3.24. The summed E-state index contributed by atoms with van der Waals surface area (Å²) in [6.07, 6.45) is 6.65. The third-order valence-electron chi connectivity index (χ3n) is 5.60. The van der Waals surface area contributed by atoms with Crippen LogP contribution >= 0.6 is 11.3 Å². The second-order valence-corrected chi connectivity index (χ2v) is 8.93. The molecule has 1 saturated heterocycles. The summed E-state index contributed by atoms with van der Waals surface area (Å²) in [6.45, 7) is 1.91. The Kier molecular flexibility index (Phi) is 7.10. The Hall–Kier alpha value is -2.99. The lowest BCUT2D eigenvalue weighted by Crippen LogP contribution is -2.42. The number of benzene rings is 2. The van der Waals surface area contributed by atoms with Gasteiger partial charge in [-0.15, -0.1) is 11.3 Å². The molecule has 0 spiro atoms. The topological polar surface area (TPSA) is 62.3 Å². The smallest absolute Gasteiger partial charge is 0.246 e. The number of piperidine rings is 1. The molecule has 0 unspecified atom stereocenters. The molecule has 1 aliphatic rings. The van der Waals surface area contributed by atoms with Crippen LogP contribution in [-0.2, 0) is 16.0 Å². The molecule has 3 aromatic rings. The number of aryl methyl sites for hydroxylation is 1. The van der Waals surface area contributed by atoms with Gasteiger partial charge >= 0.3 is 0 Å². The third-order valence-corrected chi connectivity index (χ3v) is 6.70. The van der Waals surface area contributed by atoms with E-state index in [1.54, 1.807) is 17.4 Å². The highest BCUT2D eigenvalue weighted by Gasteiger charge is 2.26. The lowest BCUT2D eigenvalue weighted by atomic mass is 9.95. The number of aromatic nitrogens is 1. The highest BCUT2D eigenvalue weighted by molar-refractivity contribution is 7.18. The Morgan fingerprint density at radius 1 is 1.06 bits per heavy atom. The number of hydrogen-bond acceptors (Lipinski definition) is 4. The molecule has 5 nitrogen and oxygen atoms in total. The molecule has 0 bridgehead atoms. The van der Waals surface area contributed by atoms with E-state index in [2.05, 4.69) is 16.4 Å². The lowest BCUT2D eigenvalue weighted by molar-refractivity contribution is -0.132. The van der Waals surface area contributed by atoms with Gasteiger partial charge in [0.05, 0.1) is 15.2 Å². The summed E-state index contributed by atoms with van der Waals surface area (Å²) in [5, 5.41) is 4.18. The van der Waals surface area contributed by atoms with Crippen LogP contribution in [0.2, 0.25) is 0 Å². The largest absolute Gasteiger partial charge is 0.356 e. The number of carbonyl (C=O) groups is 2. The average molecular weight is 434 g/mol. The molecule has 160 valence electrons. The van der Waals surface area contributed by atoms with Gasteiger partial charge in [0.25, 0.3) is 0 Å². The van der Waals surface area contributed by atoms with Crippen LogP contribution in [0.1, 0.15) is 29.8 Å². The number of likely N-dealkylation sites (tertiary alicyclic amines) is 1. The summed E-state index contributed by atoms with van der Waals surface area (Å²) in [6, 6.07) is 18.0. The molecule has 1 N–H and O–H groups in total. The van der Waals surface area contributed by atoms with Crippen molar-refractivity contribution in [1.29, 1.82) is 0 Å². The van der Waals surface area contributed by atoms with Crippen LogP contribution in [0.3, 0.4) is 0 Å². The summed E-state index contributed by atoms with van der Waals surface area (Å²) < 4.78 is 1.21. The van der Waals surface area contributed by atoms with Gasteiger partial charge in [-0.05, 0) is 43.0 Å². The van der Waals surface area contributed by atoms with Crippen LogP contribution in [0.15, 0.2) is 60.7 Å². The number of nitrogens with zero attached hydrogens (tertiary/aromatic N) is 2. The molecule has 2 aromatic carbocycles. The van der Waals surface area contributed by atoms with Gasteiger partial charge in [-0.2, -0.15) is 0 Å². The van der Waals surface area contributed by atoms with Gasteiger partial charge in [0.1, 0.15) is 0 Å².